The number of nitrogens with one attached hydrogen (secondary N) is 1. The summed E-state index contributed by atoms with van der Waals surface area (Å²) in [6.45, 7) is -0.245. The van der Waals surface area contributed by atoms with E-state index in [-0.39, 0.29) is 18.4 Å². The third kappa shape index (κ3) is 4.77. The molecule has 114 valence electrons. The van der Waals surface area contributed by atoms with Gasteiger partial charge in [-0.25, -0.2) is 4.79 Å². The second kappa shape index (κ2) is 7.67. The van der Waals surface area contributed by atoms with Crippen molar-refractivity contribution in [1.82, 2.24) is 5.32 Å². The minimum atomic E-state index is -0.510. The van der Waals surface area contributed by atoms with Gasteiger partial charge in [-0.1, -0.05) is 19.3 Å². The van der Waals surface area contributed by atoms with E-state index in [2.05, 4.69) is 5.32 Å². The summed E-state index contributed by atoms with van der Waals surface area (Å²) in [7, 11) is 1.57. The molecule has 0 bridgehead atoms. The number of ether oxygens (including phenoxy) is 2. The molecular formula is C16H21NO4. The fraction of sp³-hybridized carbons (Fsp3) is 0.500. The number of carbonyl (C=O) groups is 2. The maximum absolute atomic E-state index is 11.9. The molecule has 1 fully saturated rings. The highest BCUT2D eigenvalue weighted by molar-refractivity contribution is 5.97. The summed E-state index contributed by atoms with van der Waals surface area (Å²) >= 11 is 0. The molecule has 0 aliphatic heterocycles. The van der Waals surface area contributed by atoms with Crippen LogP contribution in [0.3, 0.4) is 0 Å². The third-order valence-corrected chi connectivity index (χ3v) is 3.67. The summed E-state index contributed by atoms with van der Waals surface area (Å²) < 4.78 is 10.0. The Morgan fingerprint density at radius 1 is 1.14 bits per heavy atom. The van der Waals surface area contributed by atoms with Crippen molar-refractivity contribution in [3.63, 3.8) is 0 Å². The Hall–Kier alpha value is -2.04. The zero-order chi connectivity index (χ0) is 15.1. The first-order valence-corrected chi connectivity index (χ1v) is 7.29. The van der Waals surface area contributed by atoms with Gasteiger partial charge in [-0.3, -0.25) is 4.79 Å². The first kappa shape index (κ1) is 15.4. The van der Waals surface area contributed by atoms with Crippen molar-refractivity contribution in [3.05, 3.63) is 29.8 Å². The summed E-state index contributed by atoms with van der Waals surface area (Å²) in [5.74, 6) is 0.457. The molecule has 0 spiro atoms. The molecule has 0 heterocycles. The topological polar surface area (TPSA) is 64.6 Å². The zero-order valence-electron chi connectivity index (χ0n) is 12.3. The highest BCUT2D eigenvalue weighted by Crippen LogP contribution is 2.17. The van der Waals surface area contributed by atoms with E-state index in [0.717, 1.165) is 25.7 Å². The van der Waals surface area contributed by atoms with E-state index < -0.39 is 6.09 Å². The molecule has 21 heavy (non-hydrogen) atoms. The number of benzene rings is 1. The number of carbonyl (C=O) groups excluding carboxylic acids is 2. The predicted molar refractivity (Wildman–Crippen MR) is 78.7 cm³/mol. The van der Waals surface area contributed by atoms with Crippen LogP contribution < -0.4 is 10.1 Å². The van der Waals surface area contributed by atoms with Crippen LogP contribution in [0, 0.1) is 0 Å². The lowest BCUT2D eigenvalue weighted by molar-refractivity contribution is 0.0836. The Bertz CT molecular complexity index is 478. The molecular weight excluding hydrogens is 270 g/mol. The fourth-order valence-corrected chi connectivity index (χ4v) is 2.45. The van der Waals surface area contributed by atoms with E-state index in [4.69, 9.17) is 9.47 Å². The number of ketones is 1. The Kier molecular flexibility index (Phi) is 5.60. The molecule has 1 aliphatic carbocycles. The second-order valence-electron chi connectivity index (χ2n) is 5.21. The molecule has 5 heteroatoms. The average Bonchev–Trinajstić information content (AvgIpc) is 2.53. The van der Waals surface area contributed by atoms with E-state index in [1.807, 2.05) is 0 Å². The highest BCUT2D eigenvalue weighted by Gasteiger charge is 2.17. The van der Waals surface area contributed by atoms with Crippen molar-refractivity contribution in [3.8, 4) is 5.75 Å². The summed E-state index contributed by atoms with van der Waals surface area (Å²) in [6.07, 6.45) is 4.96. The van der Waals surface area contributed by atoms with Crippen molar-refractivity contribution >= 4 is 11.9 Å². The van der Waals surface area contributed by atoms with Crippen LogP contribution in [0.5, 0.6) is 5.75 Å². The predicted octanol–water partition coefficient (Wildman–Crippen LogP) is 2.94. The molecule has 1 aromatic carbocycles. The lowest BCUT2D eigenvalue weighted by Gasteiger charge is -2.22. The quantitative estimate of drug-likeness (QED) is 0.847. The maximum atomic E-state index is 11.9. The Morgan fingerprint density at radius 2 is 1.81 bits per heavy atom. The van der Waals surface area contributed by atoms with Crippen molar-refractivity contribution < 1.29 is 19.1 Å². The molecule has 5 nitrogen and oxygen atoms in total. The Morgan fingerprint density at radius 3 is 2.43 bits per heavy atom. The van der Waals surface area contributed by atoms with Crippen LogP contribution in [-0.4, -0.2) is 31.6 Å². The van der Waals surface area contributed by atoms with Crippen LogP contribution in [0.25, 0.3) is 0 Å². The normalized spacial score (nSPS) is 15.3. The van der Waals surface area contributed by atoms with Crippen LogP contribution in [0.4, 0.5) is 4.79 Å². The van der Waals surface area contributed by atoms with Gasteiger partial charge in [0.2, 0.25) is 0 Å². The zero-order valence-corrected chi connectivity index (χ0v) is 12.3. The molecule has 1 aromatic rings. The molecule has 0 radical (unpaired) electrons. The Labute approximate surface area is 124 Å². The first-order chi connectivity index (χ1) is 10.2. The molecule has 1 N–H and O–H groups in total. The van der Waals surface area contributed by atoms with E-state index in [1.165, 1.54) is 6.42 Å². The molecule has 1 aliphatic rings. The van der Waals surface area contributed by atoms with Gasteiger partial charge in [0.15, 0.2) is 12.4 Å². The summed E-state index contributed by atoms with van der Waals surface area (Å²) in [6, 6.07) is 6.90. The van der Waals surface area contributed by atoms with Gasteiger partial charge in [0, 0.05) is 11.6 Å². The van der Waals surface area contributed by atoms with Crippen molar-refractivity contribution in [1.29, 1.82) is 0 Å². The van der Waals surface area contributed by atoms with Crippen molar-refractivity contribution in [2.75, 3.05) is 13.7 Å². The number of hydrogen-bond acceptors (Lipinski definition) is 4. The van der Waals surface area contributed by atoms with Crippen molar-refractivity contribution in [2.24, 2.45) is 0 Å². The SMILES string of the molecule is COc1ccc(C(=O)COC(=O)NC2CCCCC2)cc1. The monoisotopic (exact) mass is 291 g/mol. The van der Waals surface area contributed by atoms with E-state index in [0.29, 0.717) is 11.3 Å². The van der Waals surface area contributed by atoms with Crippen LogP contribution in [0.15, 0.2) is 24.3 Å². The number of amides is 1. The summed E-state index contributed by atoms with van der Waals surface area (Å²) in [4.78, 5) is 23.5. The maximum Gasteiger partial charge on any atom is 0.407 e. The summed E-state index contributed by atoms with van der Waals surface area (Å²) in [5, 5.41) is 2.81. The van der Waals surface area contributed by atoms with Gasteiger partial charge < -0.3 is 14.8 Å². The van der Waals surface area contributed by atoms with Gasteiger partial charge in [-0.2, -0.15) is 0 Å². The fourth-order valence-electron chi connectivity index (χ4n) is 2.45. The van der Waals surface area contributed by atoms with Gasteiger partial charge >= 0.3 is 6.09 Å². The summed E-state index contributed by atoms with van der Waals surface area (Å²) in [5.41, 5.74) is 0.501. The van der Waals surface area contributed by atoms with Crippen LogP contribution in [-0.2, 0) is 4.74 Å². The standard InChI is InChI=1S/C16H21NO4/c1-20-14-9-7-12(8-10-14)15(18)11-21-16(19)17-13-5-3-2-4-6-13/h7-10,13H,2-6,11H2,1H3,(H,17,19). The van der Waals surface area contributed by atoms with Gasteiger partial charge in [-0.15, -0.1) is 0 Å². The molecule has 2 rings (SSSR count). The number of alkyl carbamates (subject to hydrolysis) is 1. The number of methoxy groups -OCH3 is 1. The van der Waals surface area contributed by atoms with Crippen molar-refractivity contribution in [2.45, 2.75) is 38.1 Å². The smallest absolute Gasteiger partial charge is 0.407 e. The van der Waals surface area contributed by atoms with Gasteiger partial charge in [0.1, 0.15) is 5.75 Å². The van der Waals surface area contributed by atoms with Gasteiger partial charge in [-0.05, 0) is 37.1 Å². The van der Waals surface area contributed by atoms with Crippen LogP contribution in [0.2, 0.25) is 0 Å². The van der Waals surface area contributed by atoms with Crippen LogP contribution in [0.1, 0.15) is 42.5 Å². The largest absolute Gasteiger partial charge is 0.497 e. The molecule has 0 aromatic heterocycles. The van der Waals surface area contributed by atoms with Gasteiger partial charge in [0.25, 0.3) is 0 Å². The molecule has 0 unspecified atom stereocenters. The molecule has 1 saturated carbocycles. The second-order valence-corrected chi connectivity index (χ2v) is 5.21. The van der Waals surface area contributed by atoms with E-state index in [1.54, 1.807) is 31.4 Å². The highest BCUT2D eigenvalue weighted by atomic mass is 16.6. The third-order valence-electron chi connectivity index (χ3n) is 3.67. The Balaban J connectivity index is 1.75. The number of hydrogen-bond donors (Lipinski definition) is 1. The van der Waals surface area contributed by atoms with E-state index >= 15 is 0 Å². The minimum absolute atomic E-state index is 0.183. The molecule has 0 saturated heterocycles. The number of rotatable bonds is 5. The average molecular weight is 291 g/mol. The first-order valence-electron chi connectivity index (χ1n) is 7.29. The molecule has 1 amide bonds. The number of Topliss-reactive ketones (excluding diaryl/α,β-unsaturated/α-hetero) is 1. The minimum Gasteiger partial charge on any atom is -0.497 e. The van der Waals surface area contributed by atoms with Crippen LogP contribution >= 0.6 is 0 Å². The lowest BCUT2D eigenvalue weighted by Crippen LogP contribution is -2.37. The van der Waals surface area contributed by atoms with Gasteiger partial charge in [0.05, 0.1) is 7.11 Å². The van der Waals surface area contributed by atoms with E-state index in [9.17, 15) is 9.59 Å². The lowest BCUT2D eigenvalue weighted by atomic mass is 9.96. The molecule has 0 atom stereocenters.